The van der Waals surface area contributed by atoms with E-state index in [4.69, 9.17) is 11.6 Å². The zero-order valence-electron chi connectivity index (χ0n) is 15.6. The highest BCUT2D eigenvalue weighted by Gasteiger charge is 2.23. The molecule has 3 rings (SSSR count). The second-order valence-corrected chi connectivity index (χ2v) is 7.87. The summed E-state index contributed by atoms with van der Waals surface area (Å²) in [5, 5.41) is 6.94. The van der Waals surface area contributed by atoms with Gasteiger partial charge < -0.3 is 10.6 Å². The van der Waals surface area contributed by atoms with E-state index in [0.717, 1.165) is 27.7 Å². The molecular weight excluding hydrogens is 436 g/mol. The number of anilines is 1. The quantitative estimate of drug-likeness (QED) is 0.462. The standard InChI is InChI=1S/C23H22BrClN2O/c1-16-11-12-21(20(25)15-16)27-22(18-9-5-6-10-19(18)24)23(28)26-14-13-17-7-3-2-4-8-17/h2-12,15,22,27H,13-14H2,1H3,(H,26,28). The van der Waals surface area contributed by atoms with Crippen molar-refractivity contribution in [3.8, 4) is 0 Å². The lowest BCUT2D eigenvalue weighted by Gasteiger charge is -2.22. The van der Waals surface area contributed by atoms with Gasteiger partial charge in [0.25, 0.3) is 0 Å². The molecule has 0 aliphatic carbocycles. The smallest absolute Gasteiger partial charge is 0.247 e. The fraction of sp³-hybridized carbons (Fsp3) is 0.174. The van der Waals surface area contributed by atoms with Crippen molar-refractivity contribution in [2.75, 3.05) is 11.9 Å². The minimum absolute atomic E-state index is 0.0977. The Hall–Kier alpha value is -2.30. The number of aryl methyl sites for hydroxylation is 1. The van der Waals surface area contributed by atoms with Crippen LogP contribution in [0.1, 0.15) is 22.7 Å². The van der Waals surface area contributed by atoms with E-state index in [9.17, 15) is 4.79 Å². The van der Waals surface area contributed by atoms with Gasteiger partial charge >= 0.3 is 0 Å². The minimum atomic E-state index is -0.563. The molecule has 1 atom stereocenters. The second-order valence-electron chi connectivity index (χ2n) is 6.61. The first kappa shape index (κ1) is 20.4. The van der Waals surface area contributed by atoms with E-state index in [1.54, 1.807) is 0 Å². The molecule has 3 nitrogen and oxygen atoms in total. The van der Waals surface area contributed by atoms with Crippen LogP contribution in [0.5, 0.6) is 0 Å². The molecule has 0 saturated heterocycles. The van der Waals surface area contributed by atoms with Crippen LogP contribution in [-0.2, 0) is 11.2 Å². The van der Waals surface area contributed by atoms with Gasteiger partial charge in [-0.15, -0.1) is 0 Å². The Morgan fingerprint density at radius 1 is 1.04 bits per heavy atom. The molecular formula is C23H22BrClN2O. The van der Waals surface area contributed by atoms with Crippen LogP contribution in [0.2, 0.25) is 5.02 Å². The van der Waals surface area contributed by atoms with Gasteiger partial charge in [-0.05, 0) is 48.2 Å². The van der Waals surface area contributed by atoms with E-state index in [1.807, 2.05) is 67.6 Å². The highest BCUT2D eigenvalue weighted by atomic mass is 79.9. The molecule has 1 unspecified atom stereocenters. The summed E-state index contributed by atoms with van der Waals surface area (Å²) in [5.41, 5.74) is 3.85. The van der Waals surface area contributed by atoms with Crippen LogP contribution in [0.25, 0.3) is 0 Å². The number of carbonyl (C=O) groups excluding carboxylic acids is 1. The van der Waals surface area contributed by atoms with Gasteiger partial charge in [-0.25, -0.2) is 0 Å². The van der Waals surface area contributed by atoms with E-state index in [-0.39, 0.29) is 5.91 Å². The first-order valence-electron chi connectivity index (χ1n) is 9.13. The van der Waals surface area contributed by atoms with E-state index in [1.165, 1.54) is 5.56 Å². The molecule has 0 spiro atoms. The first-order valence-corrected chi connectivity index (χ1v) is 10.3. The van der Waals surface area contributed by atoms with Crippen molar-refractivity contribution < 1.29 is 4.79 Å². The van der Waals surface area contributed by atoms with Crippen LogP contribution in [0.15, 0.2) is 77.3 Å². The normalized spacial score (nSPS) is 11.7. The molecule has 0 aliphatic heterocycles. The maximum atomic E-state index is 13.0. The van der Waals surface area contributed by atoms with Crippen molar-refractivity contribution >= 4 is 39.1 Å². The van der Waals surface area contributed by atoms with Crippen molar-refractivity contribution in [1.82, 2.24) is 5.32 Å². The molecule has 0 saturated carbocycles. The Kier molecular flexibility index (Phi) is 7.12. The number of nitrogens with one attached hydrogen (secondary N) is 2. The third-order valence-electron chi connectivity index (χ3n) is 4.46. The lowest BCUT2D eigenvalue weighted by Crippen LogP contribution is -2.35. The molecule has 0 fully saturated rings. The summed E-state index contributed by atoms with van der Waals surface area (Å²) in [6, 6.07) is 23.0. The summed E-state index contributed by atoms with van der Waals surface area (Å²) in [5.74, 6) is -0.0977. The Morgan fingerprint density at radius 3 is 2.46 bits per heavy atom. The summed E-state index contributed by atoms with van der Waals surface area (Å²) in [4.78, 5) is 13.0. The van der Waals surface area contributed by atoms with Gasteiger partial charge in [0.05, 0.1) is 10.7 Å². The first-order chi connectivity index (χ1) is 13.5. The van der Waals surface area contributed by atoms with Crippen LogP contribution in [-0.4, -0.2) is 12.5 Å². The molecule has 0 aromatic heterocycles. The van der Waals surface area contributed by atoms with E-state index in [0.29, 0.717) is 11.6 Å². The topological polar surface area (TPSA) is 41.1 Å². The number of hydrogen-bond acceptors (Lipinski definition) is 2. The molecule has 28 heavy (non-hydrogen) atoms. The van der Waals surface area contributed by atoms with Gasteiger partial charge in [-0.1, -0.05) is 82.1 Å². The van der Waals surface area contributed by atoms with Gasteiger partial charge in [-0.3, -0.25) is 4.79 Å². The summed E-state index contributed by atoms with van der Waals surface area (Å²) in [6.45, 7) is 2.55. The average molecular weight is 458 g/mol. The van der Waals surface area contributed by atoms with Crippen molar-refractivity contribution in [1.29, 1.82) is 0 Å². The van der Waals surface area contributed by atoms with Crippen molar-refractivity contribution in [2.24, 2.45) is 0 Å². The van der Waals surface area contributed by atoms with Crippen LogP contribution < -0.4 is 10.6 Å². The van der Waals surface area contributed by atoms with Crippen molar-refractivity contribution in [2.45, 2.75) is 19.4 Å². The van der Waals surface area contributed by atoms with Crippen LogP contribution >= 0.6 is 27.5 Å². The molecule has 0 radical (unpaired) electrons. The number of halogens is 2. The summed E-state index contributed by atoms with van der Waals surface area (Å²) in [6.07, 6.45) is 0.778. The predicted octanol–water partition coefficient (Wildman–Crippen LogP) is 5.92. The molecule has 3 aromatic carbocycles. The highest BCUT2D eigenvalue weighted by molar-refractivity contribution is 9.10. The van der Waals surface area contributed by atoms with Crippen LogP contribution in [0, 0.1) is 6.92 Å². The molecule has 3 aromatic rings. The Bertz CT molecular complexity index is 946. The zero-order valence-corrected chi connectivity index (χ0v) is 17.9. The van der Waals surface area contributed by atoms with Gasteiger partial charge in [0.15, 0.2) is 0 Å². The number of amides is 1. The van der Waals surface area contributed by atoms with E-state index in [2.05, 4.69) is 38.7 Å². The SMILES string of the molecule is Cc1ccc(NC(C(=O)NCCc2ccccc2)c2ccccc2Br)c(Cl)c1. The monoisotopic (exact) mass is 456 g/mol. The van der Waals surface area contributed by atoms with Gasteiger partial charge in [0.2, 0.25) is 5.91 Å². The Labute approximate surface area is 179 Å². The maximum Gasteiger partial charge on any atom is 0.247 e. The Balaban J connectivity index is 1.77. The second kappa shape index (κ2) is 9.76. The van der Waals surface area contributed by atoms with Crippen molar-refractivity contribution in [3.05, 3.63) is 99.0 Å². The maximum absolute atomic E-state index is 13.0. The number of carbonyl (C=O) groups is 1. The van der Waals surface area contributed by atoms with Gasteiger partial charge in [-0.2, -0.15) is 0 Å². The van der Waals surface area contributed by atoms with E-state index < -0.39 is 6.04 Å². The van der Waals surface area contributed by atoms with Crippen molar-refractivity contribution in [3.63, 3.8) is 0 Å². The Morgan fingerprint density at radius 2 is 1.75 bits per heavy atom. The molecule has 2 N–H and O–H groups in total. The molecule has 144 valence electrons. The predicted molar refractivity (Wildman–Crippen MR) is 120 cm³/mol. The fourth-order valence-corrected chi connectivity index (χ4v) is 3.77. The van der Waals surface area contributed by atoms with Gasteiger partial charge in [0.1, 0.15) is 6.04 Å². The lowest BCUT2D eigenvalue weighted by molar-refractivity contribution is -0.121. The minimum Gasteiger partial charge on any atom is -0.369 e. The molecule has 0 bridgehead atoms. The van der Waals surface area contributed by atoms with Crippen LogP contribution in [0.4, 0.5) is 5.69 Å². The third-order valence-corrected chi connectivity index (χ3v) is 5.49. The number of benzene rings is 3. The summed E-state index contributed by atoms with van der Waals surface area (Å²) in [7, 11) is 0. The number of hydrogen-bond donors (Lipinski definition) is 2. The third kappa shape index (κ3) is 5.37. The van der Waals surface area contributed by atoms with Gasteiger partial charge in [0, 0.05) is 11.0 Å². The molecule has 0 heterocycles. The molecule has 5 heteroatoms. The lowest BCUT2D eigenvalue weighted by atomic mass is 10.0. The number of rotatable bonds is 7. The average Bonchev–Trinajstić information content (AvgIpc) is 2.69. The zero-order chi connectivity index (χ0) is 19.9. The summed E-state index contributed by atoms with van der Waals surface area (Å²) >= 11 is 9.94. The fourth-order valence-electron chi connectivity index (χ4n) is 2.96. The van der Waals surface area contributed by atoms with E-state index >= 15 is 0 Å². The highest BCUT2D eigenvalue weighted by Crippen LogP contribution is 2.30. The largest absolute Gasteiger partial charge is 0.369 e. The summed E-state index contributed by atoms with van der Waals surface area (Å²) < 4.78 is 0.869. The molecule has 1 amide bonds. The van der Waals surface area contributed by atoms with Crippen LogP contribution in [0.3, 0.4) is 0 Å². The molecule has 0 aliphatic rings.